The Labute approximate surface area is 127 Å². The van der Waals surface area contributed by atoms with Gasteiger partial charge in [0.1, 0.15) is 0 Å². The van der Waals surface area contributed by atoms with Crippen LogP contribution in [0.2, 0.25) is 0 Å². The van der Waals surface area contributed by atoms with Gasteiger partial charge in [0.2, 0.25) is 0 Å². The summed E-state index contributed by atoms with van der Waals surface area (Å²) in [6.45, 7) is 11.1. The molecule has 0 aromatic heterocycles. The van der Waals surface area contributed by atoms with Crippen molar-refractivity contribution in [3.63, 3.8) is 0 Å². The van der Waals surface area contributed by atoms with Gasteiger partial charge in [-0.25, -0.2) is 4.79 Å². The van der Waals surface area contributed by atoms with Crippen molar-refractivity contribution < 1.29 is 19.0 Å². The van der Waals surface area contributed by atoms with Gasteiger partial charge in [-0.2, -0.15) is 0 Å². The highest BCUT2D eigenvalue weighted by molar-refractivity contribution is 5.74. The highest BCUT2D eigenvalue weighted by Crippen LogP contribution is 2.71. The largest absolute Gasteiger partial charge is 0.464 e. The maximum atomic E-state index is 11.7. The zero-order valence-corrected chi connectivity index (χ0v) is 13.8. The van der Waals surface area contributed by atoms with Crippen molar-refractivity contribution in [3.05, 3.63) is 0 Å². The van der Waals surface area contributed by atoms with Crippen LogP contribution < -0.4 is 0 Å². The summed E-state index contributed by atoms with van der Waals surface area (Å²) in [4.78, 5) is 11.7. The second-order valence-corrected chi connectivity index (χ2v) is 7.70. The molecule has 0 unspecified atom stereocenters. The third kappa shape index (κ3) is 2.06. The Hall–Kier alpha value is -0.610. The molecule has 2 bridgehead atoms. The highest BCUT2D eigenvalue weighted by Gasteiger charge is 2.69. The van der Waals surface area contributed by atoms with Crippen LogP contribution in [0.15, 0.2) is 0 Å². The average molecular weight is 296 g/mol. The fraction of sp³-hybridized carbons (Fsp3) is 0.941. The van der Waals surface area contributed by atoms with Gasteiger partial charge in [0.15, 0.2) is 12.4 Å². The van der Waals surface area contributed by atoms with Gasteiger partial charge in [-0.05, 0) is 49.4 Å². The quantitative estimate of drug-likeness (QED) is 0.748. The number of carbonyl (C=O) groups is 1. The summed E-state index contributed by atoms with van der Waals surface area (Å²) in [6, 6.07) is 0. The molecule has 3 aliphatic rings. The van der Waals surface area contributed by atoms with Crippen molar-refractivity contribution in [1.29, 1.82) is 0 Å². The summed E-state index contributed by atoms with van der Waals surface area (Å²) in [5.74, 6) is 1.00. The molecule has 4 nitrogen and oxygen atoms in total. The van der Waals surface area contributed by atoms with E-state index >= 15 is 0 Å². The van der Waals surface area contributed by atoms with Crippen molar-refractivity contribution in [2.75, 3.05) is 6.61 Å². The standard InChI is InChI=1S/C17H28O4/c1-6-19-15(18)10(2)20-13-9-11-12-7-8-17(5,14(11)21-13)16(12,3)4/h10-14H,6-9H2,1-5H3/t10-,11-,12-,13-,14-,17+/m1/s1. The lowest BCUT2D eigenvalue weighted by Gasteiger charge is -2.38. The number of carbonyl (C=O) groups excluding carboxylic acids is 1. The Morgan fingerprint density at radius 1 is 1.38 bits per heavy atom. The van der Waals surface area contributed by atoms with E-state index in [0.29, 0.717) is 17.9 Å². The third-order valence-electron chi connectivity index (χ3n) is 6.64. The molecule has 1 saturated heterocycles. The lowest BCUT2D eigenvalue weighted by Crippen LogP contribution is -2.38. The highest BCUT2D eigenvalue weighted by atomic mass is 16.7. The molecule has 0 amide bonds. The lowest BCUT2D eigenvalue weighted by atomic mass is 9.70. The summed E-state index contributed by atoms with van der Waals surface area (Å²) in [5.41, 5.74) is 0.591. The van der Waals surface area contributed by atoms with Gasteiger partial charge in [0.05, 0.1) is 12.7 Å². The second kappa shape index (κ2) is 4.95. The van der Waals surface area contributed by atoms with Crippen LogP contribution >= 0.6 is 0 Å². The number of hydrogen-bond acceptors (Lipinski definition) is 4. The van der Waals surface area contributed by atoms with E-state index in [1.165, 1.54) is 12.8 Å². The molecule has 0 aromatic rings. The van der Waals surface area contributed by atoms with Gasteiger partial charge in [0, 0.05) is 6.42 Å². The van der Waals surface area contributed by atoms with E-state index in [9.17, 15) is 4.79 Å². The van der Waals surface area contributed by atoms with Crippen molar-refractivity contribution in [1.82, 2.24) is 0 Å². The molecule has 120 valence electrons. The van der Waals surface area contributed by atoms with Gasteiger partial charge in [0.25, 0.3) is 0 Å². The van der Waals surface area contributed by atoms with Crippen LogP contribution in [0.1, 0.15) is 53.9 Å². The molecule has 2 aliphatic carbocycles. The van der Waals surface area contributed by atoms with Gasteiger partial charge >= 0.3 is 5.97 Å². The van der Waals surface area contributed by atoms with Crippen LogP contribution in [-0.2, 0) is 19.0 Å². The first kappa shape index (κ1) is 15.3. The molecule has 0 N–H and O–H groups in total. The predicted molar refractivity (Wildman–Crippen MR) is 78.6 cm³/mol. The smallest absolute Gasteiger partial charge is 0.335 e. The van der Waals surface area contributed by atoms with E-state index in [4.69, 9.17) is 14.2 Å². The van der Waals surface area contributed by atoms with Crippen molar-refractivity contribution >= 4 is 5.97 Å². The molecule has 0 aromatic carbocycles. The van der Waals surface area contributed by atoms with E-state index in [1.807, 2.05) is 6.92 Å². The maximum Gasteiger partial charge on any atom is 0.335 e. The monoisotopic (exact) mass is 296 g/mol. The minimum atomic E-state index is -0.549. The zero-order valence-electron chi connectivity index (χ0n) is 13.8. The van der Waals surface area contributed by atoms with E-state index in [1.54, 1.807) is 6.92 Å². The third-order valence-corrected chi connectivity index (χ3v) is 6.64. The van der Waals surface area contributed by atoms with Gasteiger partial charge in [-0.3, -0.25) is 0 Å². The molecule has 21 heavy (non-hydrogen) atoms. The van der Waals surface area contributed by atoms with E-state index in [-0.39, 0.29) is 23.8 Å². The molecular formula is C17H28O4. The molecule has 1 heterocycles. The Morgan fingerprint density at radius 3 is 2.71 bits per heavy atom. The molecule has 2 saturated carbocycles. The topological polar surface area (TPSA) is 44.8 Å². The zero-order chi connectivity index (χ0) is 15.4. The van der Waals surface area contributed by atoms with Crippen LogP contribution in [0.5, 0.6) is 0 Å². The van der Waals surface area contributed by atoms with E-state index < -0.39 is 6.10 Å². The summed E-state index contributed by atoms with van der Waals surface area (Å²) in [7, 11) is 0. The molecule has 6 atom stereocenters. The Morgan fingerprint density at radius 2 is 2.10 bits per heavy atom. The molecule has 3 rings (SSSR count). The van der Waals surface area contributed by atoms with Crippen LogP contribution in [0.4, 0.5) is 0 Å². The molecule has 4 heteroatoms. The van der Waals surface area contributed by atoms with Crippen molar-refractivity contribution in [3.8, 4) is 0 Å². The van der Waals surface area contributed by atoms with Gasteiger partial charge in [-0.1, -0.05) is 20.8 Å². The lowest BCUT2D eigenvalue weighted by molar-refractivity contribution is -0.197. The first-order valence-electron chi connectivity index (χ1n) is 8.29. The van der Waals surface area contributed by atoms with Crippen molar-refractivity contribution in [2.24, 2.45) is 22.7 Å². The van der Waals surface area contributed by atoms with E-state index in [2.05, 4.69) is 20.8 Å². The fourth-order valence-corrected chi connectivity index (χ4v) is 5.11. The number of ether oxygens (including phenoxy) is 3. The van der Waals surface area contributed by atoms with E-state index in [0.717, 1.165) is 12.3 Å². The molecule has 3 fully saturated rings. The first-order valence-corrected chi connectivity index (χ1v) is 8.29. The Balaban J connectivity index is 1.65. The predicted octanol–water partition coefficient (Wildman–Crippen LogP) is 3.14. The summed E-state index contributed by atoms with van der Waals surface area (Å²) >= 11 is 0. The maximum absolute atomic E-state index is 11.7. The Kier molecular flexibility index (Phi) is 3.61. The van der Waals surface area contributed by atoms with Crippen molar-refractivity contribution in [2.45, 2.75) is 72.4 Å². The first-order chi connectivity index (χ1) is 9.81. The fourth-order valence-electron chi connectivity index (χ4n) is 5.11. The minimum Gasteiger partial charge on any atom is -0.464 e. The number of hydrogen-bond donors (Lipinski definition) is 0. The van der Waals surface area contributed by atoms with Crippen LogP contribution in [0.3, 0.4) is 0 Å². The van der Waals surface area contributed by atoms with Crippen LogP contribution in [0, 0.1) is 22.7 Å². The molecular weight excluding hydrogens is 268 g/mol. The van der Waals surface area contributed by atoms with Gasteiger partial charge in [-0.15, -0.1) is 0 Å². The van der Waals surface area contributed by atoms with Crippen LogP contribution in [-0.4, -0.2) is 31.1 Å². The molecule has 0 radical (unpaired) electrons. The summed E-state index contributed by atoms with van der Waals surface area (Å²) in [5, 5.41) is 0. The Bertz CT molecular complexity index is 433. The summed E-state index contributed by atoms with van der Waals surface area (Å²) in [6.07, 6.45) is 2.94. The summed E-state index contributed by atoms with van der Waals surface area (Å²) < 4.78 is 17.0. The molecule has 0 spiro atoms. The average Bonchev–Trinajstić information content (AvgIpc) is 2.96. The number of esters is 1. The van der Waals surface area contributed by atoms with Gasteiger partial charge < -0.3 is 14.2 Å². The second-order valence-electron chi connectivity index (χ2n) is 7.70. The number of fused-ring (bicyclic) bond motifs is 5. The normalized spacial score (nSPS) is 44.6. The SMILES string of the molecule is CCOC(=O)[C@@H](C)O[C@H]1C[C@@H]2[C@H]3CC[C@@](C)([C@@H]2O1)C3(C)C. The number of rotatable bonds is 4. The minimum absolute atomic E-state index is 0.244. The molecule has 1 aliphatic heterocycles. The van der Waals surface area contributed by atoms with Crippen LogP contribution in [0.25, 0.3) is 0 Å².